The molecule has 106 valence electrons. The summed E-state index contributed by atoms with van der Waals surface area (Å²) in [7, 11) is 0. The van der Waals surface area contributed by atoms with Crippen LogP contribution in [-0.4, -0.2) is 29.3 Å². The van der Waals surface area contributed by atoms with Gasteiger partial charge in [0.2, 0.25) is 11.8 Å². The molecule has 1 aromatic carbocycles. The van der Waals surface area contributed by atoms with Gasteiger partial charge in [-0.25, -0.2) is 4.39 Å². The summed E-state index contributed by atoms with van der Waals surface area (Å²) in [6, 6.07) is 4.64. The summed E-state index contributed by atoms with van der Waals surface area (Å²) in [5.41, 5.74) is 1.29. The van der Waals surface area contributed by atoms with Crippen molar-refractivity contribution in [1.29, 1.82) is 0 Å². The summed E-state index contributed by atoms with van der Waals surface area (Å²) >= 11 is 0. The first-order valence-corrected chi connectivity index (χ1v) is 6.91. The van der Waals surface area contributed by atoms with E-state index in [1.807, 2.05) is 11.8 Å². The number of hydrogen-bond acceptors (Lipinski definition) is 2. The maximum Gasteiger partial charge on any atom is 0.229 e. The highest BCUT2D eigenvalue weighted by Crippen LogP contribution is 2.33. The highest BCUT2D eigenvalue weighted by Gasteiger charge is 2.41. The molecule has 1 saturated heterocycles. The number of benzene rings is 1. The van der Waals surface area contributed by atoms with E-state index in [1.54, 1.807) is 6.07 Å². The number of hydrogen-bond donors (Lipinski definition) is 1. The van der Waals surface area contributed by atoms with E-state index in [0.717, 1.165) is 18.4 Å². The Kier molecular flexibility index (Phi) is 3.20. The first kappa shape index (κ1) is 13.1. The molecule has 1 saturated carbocycles. The lowest BCUT2D eigenvalue weighted by molar-refractivity contribution is -0.128. The molecule has 20 heavy (non-hydrogen) atoms. The first-order valence-electron chi connectivity index (χ1n) is 6.91. The molecule has 1 aliphatic heterocycles. The van der Waals surface area contributed by atoms with Gasteiger partial charge in [-0.3, -0.25) is 9.59 Å². The van der Waals surface area contributed by atoms with Crippen molar-refractivity contribution in [2.24, 2.45) is 5.92 Å². The van der Waals surface area contributed by atoms with E-state index in [9.17, 15) is 14.0 Å². The van der Waals surface area contributed by atoms with Crippen LogP contribution < -0.4 is 5.32 Å². The highest BCUT2D eigenvalue weighted by atomic mass is 19.1. The van der Waals surface area contributed by atoms with Gasteiger partial charge in [0.1, 0.15) is 5.82 Å². The zero-order chi connectivity index (χ0) is 14.3. The minimum atomic E-state index is -0.381. The van der Waals surface area contributed by atoms with E-state index in [2.05, 4.69) is 5.32 Å². The number of aryl methyl sites for hydroxylation is 1. The summed E-state index contributed by atoms with van der Waals surface area (Å²) in [5, 5.41) is 2.74. The van der Waals surface area contributed by atoms with Gasteiger partial charge in [0.15, 0.2) is 0 Å². The smallest absolute Gasteiger partial charge is 0.229 e. The van der Waals surface area contributed by atoms with Crippen LogP contribution in [-0.2, 0) is 9.59 Å². The molecule has 0 radical (unpaired) electrons. The minimum Gasteiger partial charge on any atom is -0.339 e. The van der Waals surface area contributed by atoms with Crippen molar-refractivity contribution >= 4 is 17.5 Å². The molecule has 2 fully saturated rings. The van der Waals surface area contributed by atoms with Gasteiger partial charge in [-0.1, -0.05) is 6.07 Å². The molecule has 4 nitrogen and oxygen atoms in total. The molecular weight excluding hydrogens is 259 g/mol. The summed E-state index contributed by atoms with van der Waals surface area (Å²) in [4.78, 5) is 25.8. The predicted molar refractivity (Wildman–Crippen MR) is 72.6 cm³/mol. The van der Waals surface area contributed by atoms with Crippen LogP contribution in [0.3, 0.4) is 0 Å². The van der Waals surface area contributed by atoms with E-state index in [0.29, 0.717) is 18.3 Å². The van der Waals surface area contributed by atoms with Crippen molar-refractivity contribution in [2.75, 3.05) is 11.9 Å². The Balaban J connectivity index is 1.67. The zero-order valence-electron chi connectivity index (χ0n) is 11.4. The Morgan fingerprint density at radius 1 is 1.40 bits per heavy atom. The number of carbonyl (C=O) groups is 2. The van der Waals surface area contributed by atoms with Crippen LogP contribution in [0.1, 0.15) is 24.8 Å². The number of nitrogens with one attached hydrogen (secondary N) is 1. The predicted octanol–water partition coefficient (Wildman–Crippen LogP) is 2.08. The van der Waals surface area contributed by atoms with Crippen molar-refractivity contribution in [3.8, 4) is 0 Å². The van der Waals surface area contributed by atoms with Crippen LogP contribution in [0.2, 0.25) is 0 Å². The van der Waals surface area contributed by atoms with Crippen LogP contribution in [0.4, 0.5) is 10.1 Å². The maximum atomic E-state index is 13.2. The molecule has 1 unspecified atom stereocenters. The van der Waals surface area contributed by atoms with Gasteiger partial charge in [0, 0.05) is 24.7 Å². The second-order valence-corrected chi connectivity index (χ2v) is 5.63. The molecule has 1 aromatic rings. The van der Waals surface area contributed by atoms with Crippen molar-refractivity contribution in [3.63, 3.8) is 0 Å². The minimum absolute atomic E-state index is 0.0589. The molecule has 0 aromatic heterocycles. The van der Waals surface area contributed by atoms with E-state index in [-0.39, 0.29) is 30.0 Å². The third kappa shape index (κ3) is 2.53. The number of rotatable bonds is 3. The zero-order valence-corrected chi connectivity index (χ0v) is 11.4. The van der Waals surface area contributed by atoms with Crippen molar-refractivity contribution < 1.29 is 14.0 Å². The first-order chi connectivity index (χ1) is 9.54. The van der Waals surface area contributed by atoms with Crippen LogP contribution in [0, 0.1) is 18.7 Å². The fourth-order valence-electron chi connectivity index (χ4n) is 2.61. The van der Waals surface area contributed by atoms with Gasteiger partial charge < -0.3 is 10.2 Å². The Hall–Kier alpha value is -1.91. The SMILES string of the molecule is Cc1ccc(F)cc1NC(=O)C1CC(=O)N(C2CC2)C1. The van der Waals surface area contributed by atoms with Gasteiger partial charge >= 0.3 is 0 Å². The van der Waals surface area contributed by atoms with Crippen molar-refractivity contribution in [2.45, 2.75) is 32.2 Å². The summed E-state index contributed by atoms with van der Waals surface area (Å²) in [5.74, 6) is -0.849. The molecule has 1 atom stereocenters. The summed E-state index contributed by atoms with van der Waals surface area (Å²) in [6.07, 6.45) is 2.35. The van der Waals surface area contributed by atoms with Crippen LogP contribution >= 0.6 is 0 Å². The number of anilines is 1. The van der Waals surface area contributed by atoms with Gasteiger partial charge in [-0.15, -0.1) is 0 Å². The second-order valence-electron chi connectivity index (χ2n) is 5.63. The molecule has 0 spiro atoms. The van der Waals surface area contributed by atoms with E-state index >= 15 is 0 Å². The Labute approximate surface area is 117 Å². The average Bonchev–Trinajstić information content (AvgIpc) is 3.17. The normalized spacial score (nSPS) is 22.2. The summed E-state index contributed by atoms with van der Waals surface area (Å²) < 4.78 is 13.2. The number of nitrogens with zero attached hydrogens (tertiary/aromatic N) is 1. The van der Waals surface area contributed by atoms with Crippen LogP contribution in [0.5, 0.6) is 0 Å². The standard InChI is InChI=1S/C15H17FN2O2/c1-9-2-3-11(16)7-13(9)17-15(20)10-6-14(19)18(8-10)12-4-5-12/h2-3,7,10,12H,4-6,8H2,1H3,(H,17,20). The monoisotopic (exact) mass is 276 g/mol. The average molecular weight is 276 g/mol. The molecule has 3 rings (SSSR count). The van der Waals surface area contributed by atoms with Gasteiger partial charge in [0.25, 0.3) is 0 Å². The molecule has 1 aliphatic carbocycles. The molecule has 2 amide bonds. The van der Waals surface area contributed by atoms with E-state index in [4.69, 9.17) is 0 Å². The third-order valence-corrected chi connectivity index (χ3v) is 3.97. The Morgan fingerprint density at radius 3 is 2.85 bits per heavy atom. The Morgan fingerprint density at radius 2 is 2.15 bits per heavy atom. The molecule has 1 heterocycles. The third-order valence-electron chi connectivity index (χ3n) is 3.97. The lowest BCUT2D eigenvalue weighted by atomic mass is 10.1. The quantitative estimate of drug-likeness (QED) is 0.919. The van der Waals surface area contributed by atoms with Crippen LogP contribution in [0.25, 0.3) is 0 Å². The fraction of sp³-hybridized carbons (Fsp3) is 0.467. The van der Waals surface area contributed by atoms with Crippen LogP contribution in [0.15, 0.2) is 18.2 Å². The second kappa shape index (κ2) is 4.89. The lowest BCUT2D eigenvalue weighted by Crippen LogP contribution is -2.30. The summed E-state index contributed by atoms with van der Waals surface area (Å²) in [6.45, 7) is 2.30. The van der Waals surface area contributed by atoms with E-state index < -0.39 is 0 Å². The molecule has 0 bridgehead atoms. The molecule has 1 N–H and O–H groups in total. The fourth-order valence-corrected chi connectivity index (χ4v) is 2.61. The number of amides is 2. The van der Waals surface area contributed by atoms with Crippen molar-refractivity contribution in [3.05, 3.63) is 29.6 Å². The van der Waals surface area contributed by atoms with E-state index in [1.165, 1.54) is 12.1 Å². The highest BCUT2D eigenvalue weighted by molar-refractivity contribution is 5.97. The van der Waals surface area contributed by atoms with Gasteiger partial charge in [0.05, 0.1) is 5.92 Å². The number of halogens is 1. The number of carbonyl (C=O) groups excluding carboxylic acids is 2. The Bertz CT molecular complexity index is 569. The molecular formula is C15H17FN2O2. The molecule has 2 aliphatic rings. The largest absolute Gasteiger partial charge is 0.339 e. The topological polar surface area (TPSA) is 49.4 Å². The maximum absolute atomic E-state index is 13.2. The van der Waals surface area contributed by atoms with Gasteiger partial charge in [-0.05, 0) is 37.5 Å². The lowest BCUT2D eigenvalue weighted by Gasteiger charge is -2.15. The van der Waals surface area contributed by atoms with Gasteiger partial charge in [-0.2, -0.15) is 0 Å². The van der Waals surface area contributed by atoms with Crippen molar-refractivity contribution in [1.82, 2.24) is 4.90 Å². The molecule has 5 heteroatoms. The number of likely N-dealkylation sites (tertiary alicyclic amines) is 1.